The predicted octanol–water partition coefficient (Wildman–Crippen LogP) is 16.1. The Bertz CT molecular complexity index is 4340. The van der Waals surface area contributed by atoms with Crippen molar-refractivity contribution in [1.29, 1.82) is 0 Å². The van der Waals surface area contributed by atoms with Gasteiger partial charge in [-0.05, 0) is 121 Å². The van der Waals surface area contributed by atoms with E-state index in [4.69, 9.17) is 43.6 Å². The Hall–Kier alpha value is -10.4. The molecule has 8 aromatic rings. The summed E-state index contributed by atoms with van der Waals surface area (Å²) in [5, 5.41) is 84.1. The molecule has 12 N–H and O–H groups in total. The van der Waals surface area contributed by atoms with E-state index < -0.39 is 168 Å². The van der Waals surface area contributed by atoms with Crippen molar-refractivity contribution in [3.63, 3.8) is 0 Å². The number of halogens is 20. The van der Waals surface area contributed by atoms with Gasteiger partial charge in [0.25, 0.3) is 0 Å². The maximum absolute atomic E-state index is 15.5. The zero-order valence-electron chi connectivity index (χ0n) is 64.7. The highest BCUT2D eigenvalue weighted by Gasteiger charge is 2.46. The fourth-order valence-corrected chi connectivity index (χ4v) is 14.0. The Labute approximate surface area is 704 Å². The van der Waals surface area contributed by atoms with Crippen LogP contribution >= 0.6 is 23.2 Å². The zero-order chi connectivity index (χ0) is 91.2. The van der Waals surface area contributed by atoms with Gasteiger partial charge in [0, 0.05) is 174 Å². The van der Waals surface area contributed by atoms with Crippen molar-refractivity contribution in [2.24, 2.45) is 0 Å². The van der Waals surface area contributed by atoms with Gasteiger partial charge in [-0.3, -0.25) is 19.9 Å². The first kappa shape index (κ1) is 97.4. The molecule has 0 spiro atoms. The molecule has 4 fully saturated rings. The largest absolute Gasteiger partial charge is 0.416 e. The monoisotopic (exact) mass is 1810 g/mol. The number of nitrogens with one attached hydrogen (secondary N) is 4. The third-order valence-electron chi connectivity index (χ3n) is 20.6. The number of benzene rings is 4. The lowest BCUT2D eigenvalue weighted by Gasteiger charge is -2.36. The van der Waals surface area contributed by atoms with E-state index in [1.54, 1.807) is 0 Å². The van der Waals surface area contributed by atoms with Gasteiger partial charge in [0.1, 0.15) is 47.4 Å². The summed E-state index contributed by atoms with van der Waals surface area (Å²) in [5.74, 6) is -1.93. The lowest BCUT2D eigenvalue weighted by Crippen LogP contribution is -2.45. The Morgan fingerprint density at radius 1 is 0.331 bits per heavy atom. The molecule has 44 heteroatoms. The van der Waals surface area contributed by atoms with E-state index >= 15 is 17.6 Å². The lowest BCUT2D eigenvalue weighted by atomic mass is 9.89. The van der Waals surface area contributed by atoms with Crippen LogP contribution in [-0.2, 0) is 47.4 Å². The third kappa shape index (κ3) is 25.0. The minimum absolute atomic E-state index is 0.00847. The van der Waals surface area contributed by atoms with E-state index in [1.165, 1.54) is 44.1 Å². The number of carbonyl (C=O) groups is 4. The van der Waals surface area contributed by atoms with Crippen molar-refractivity contribution in [2.75, 3.05) is 100 Å². The molecule has 8 heterocycles. The SMILES string of the molecule is O=C(Nc1ccc(C(F)(F)F)cc1)N1CCC(F)(c2ncc([C@@H](O)CO)cc2Cl)CC1.O=C(Nc1ccc(C(F)(F)F)cc1)N1CCC(F)(c2ncc([C@@H](O)CO)cc2F)CC1.O=C(Nc1ccc(C(F)(F)F)cc1)N1CCC(F)(c2ncc([C@H](O)CO)cc2Cl)CC1.O=C(Nc1ccc(C(F)(F)F)cc1)N1CCC(F)(c2ncc([C@H](O)CO)cc2F)CC1. The standard InChI is InChI=1S/2C20H20ClF4N3O3.2C20H20F5N3O3/c4*21-15-9-12(16(30)11-29)10-26-17(15)19(22)5-7-28(8-6-19)18(31)27-14-3-1-13(2-4-14)20(23,24)25/h4*1-4,9-10,16,29-30H,5-8,11H2,(H,27,31)/t4*16-/m1010/s1. The number of pyridine rings is 4. The van der Waals surface area contributed by atoms with Crippen LogP contribution in [0.15, 0.2) is 146 Å². The minimum atomic E-state index is -4.49. The molecule has 0 saturated carbocycles. The Morgan fingerprint density at radius 3 is 0.677 bits per heavy atom. The summed E-state index contributed by atoms with van der Waals surface area (Å²) in [5.41, 5.74) is -11.0. The van der Waals surface area contributed by atoms with Gasteiger partial charge in [-0.15, -0.1) is 0 Å². The number of aliphatic hydroxyl groups excluding tert-OH is 8. The summed E-state index contributed by atoms with van der Waals surface area (Å²) in [4.78, 5) is 70.3. The van der Waals surface area contributed by atoms with Crippen molar-refractivity contribution >= 4 is 70.1 Å². The molecule has 4 aromatic heterocycles. The Kier molecular flexibility index (Phi) is 31.9. The first-order chi connectivity index (χ1) is 58.1. The zero-order valence-corrected chi connectivity index (χ0v) is 66.2. The van der Waals surface area contributed by atoms with Crippen LogP contribution in [0.5, 0.6) is 0 Å². The molecule has 0 unspecified atom stereocenters. The molecule has 12 rings (SSSR count). The van der Waals surface area contributed by atoms with E-state index in [1.807, 2.05) is 0 Å². The number of hydrogen-bond donors (Lipinski definition) is 12. The third-order valence-corrected chi connectivity index (χ3v) is 21.2. The summed E-state index contributed by atoms with van der Waals surface area (Å²) < 4.78 is 242. The van der Waals surface area contributed by atoms with Crippen LogP contribution in [0.1, 0.15) is 143 Å². The topological polar surface area (TPSA) is 343 Å². The summed E-state index contributed by atoms with van der Waals surface area (Å²) in [6.07, 6.45) is -19.5. The fourth-order valence-electron chi connectivity index (χ4n) is 13.3. The van der Waals surface area contributed by atoms with Crippen LogP contribution in [-0.4, -0.2) is 183 Å². The highest BCUT2D eigenvalue weighted by atomic mass is 35.5. The normalized spacial score (nSPS) is 17.3. The Morgan fingerprint density at radius 2 is 0.508 bits per heavy atom. The van der Waals surface area contributed by atoms with Crippen molar-refractivity contribution < 1.29 is 139 Å². The van der Waals surface area contributed by atoms with Crippen LogP contribution < -0.4 is 21.3 Å². The minimum Gasteiger partial charge on any atom is -0.393 e. The predicted molar refractivity (Wildman–Crippen MR) is 411 cm³/mol. The lowest BCUT2D eigenvalue weighted by molar-refractivity contribution is -0.138. The van der Waals surface area contributed by atoms with E-state index in [2.05, 4.69) is 41.2 Å². The molecule has 4 aliphatic rings. The van der Waals surface area contributed by atoms with Crippen LogP contribution in [0.3, 0.4) is 0 Å². The van der Waals surface area contributed by atoms with Crippen LogP contribution in [0.2, 0.25) is 10.0 Å². The molecule has 8 amide bonds. The van der Waals surface area contributed by atoms with Crippen LogP contribution in [0.25, 0.3) is 0 Å². The number of hydrogen-bond acceptors (Lipinski definition) is 16. The number of nitrogens with zero attached hydrogens (tertiary/aromatic N) is 8. The quantitative estimate of drug-likeness (QED) is 0.0400. The molecule has 0 aliphatic carbocycles. The highest BCUT2D eigenvalue weighted by Crippen LogP contribution is 2.45. The van der Waals surface area contributed by atoms with Crippen LogP contribution in [0, 0.1) is 11.6 Å². The number of rotatable bonds is 16. The van der Waals surface area contributed by atoms with E-state index in [0.717, 1.165) is 122 Å². The molecule has 0 bridgehead atoms. The van der Waals surface area contributed by atoms with Gasteiger partial charge in [-0.1, -0.05) is 23.2 Å². The first-order valence-corrected chi connectivity index (χ1v) is 38.4. The molecule has 0 radical (unpaired) electrons. The van der Waals surface area contributed by atoms with Gasteiger partial charge in [-0.2, -0.15) is 52.7 Å². The number of aliphatic hydroxyl groups is 8. The van der Waals surface area contributed by atoms with Gasteiger partial charge in [0.05, 0.1) is 70.1 Å². The molecule has 24 nitrogen and oxygen atoms in total. The molecule has 4 atom stereocenters. The van der Waals surface area contributed by atoms with E-state index in [-0.39, 0.29) is 170 Å². The van der Waals surface area contributed by atoms with Gasteiger partial charge < -0.3 is 81.7 Å². The second kappa shape index (κ2) is 40.7. The molecule has 4 saturated heterocycles. The number of carbonyl (C=O) groups excluding carboxylic acids is 4. The van der Waals surface area contributed by atoms with Gasteiger partial charge in [0.15, 0.2) is 22.7 Å². The second-order valence-corrected chi connectivity index (χ2v) is 29.8. The molecular weight excluding hydrogens is 1730 g/mol. The van der Waals surface area contributed by atoms with E-state index in [9.17, 15) is 101 Å². The van der Waals surface area contributed by atoms with Crippen LogP contribution in [0.4, 0.5) is 121 Å². The summed E-state index contributed by atoms with van der Waals surface area (Å²) >= 11 is 12.3. The number of anilines is 4. The van der Waals surface area contributed by atoms with Crippen molar-refractivity contribution in [3.8, 4) is 0 Å². The van der Waals surface area contributed by atoms with Gasteiger partial charge >= 0.3 is 48.8 Å². The average molecular weight is 1810 g/mol. The summed E-state index contributed by atoms with van der Waals surface area (Å²) in [6, 6.07) is 18.0. The van der Waals surface area contributed by atoms with E-state index in [0.29, 0.717) is 0 Å². The van der Waals surface area contributed by atoms with Gasteiger partial charge in [0.2, 0.25) is 0 Å². The number of urea groups is 4. The Balaban J connectivity index is 0.000000187. The number of aromatic nitrogens is 4. The number of likely N-dealkylation sites (tertiary alicyclic amines) is 4. The average Bonchev–Trinajstić information content (AvgIpc) is 0.795. The molecule has 124 heavy (non-hydrogen) atoms. The first-order valence-electron chi connectivity index (χ1n) is 37.6. The summed E-state index contributed by atoms with van der Waals surface area (Å²) in [6.45, 7) is -2.41. The van der Waals surface area contributed by atoms with Gasteiger partial charge in [-0.25, -0.2) is 45.5 Å². The number of amides is 8. The van der Waals surface area contributed by atoms with Crippen molar-refractivity contribution in [3.05, 3.63) is 235 Å². The smallest absolute Gasteiger partial charge is 0.393 e. The second-order valence-electron chi connectivity index (χ2n) is 29.0. The number of alkyl halides is 16. The molecule has 4 aromatic carbocycles. The number of piperidine rings is 4. The molecular formula is C80H80Cl2F18N12O12. The fraction of sp³-hybridized carbons (Fsp3) is 0.400. The summed E-state index contributed by atoms with van der Waals surface area (Å²) in [7, 11) is 0. The van der Waals surface area contributed by atoms with Crippen molar-refractivity contribution in [2.45, 2.75) is 123 Å². The maximum atomic E-state index is 15.5. The highest BCUT2D eigenvalue weighted by molar-refractivity contribution is 6.31. The molecule has 4 aliphatic heterocycles. The molecule has 672 valence electrons. The van der Waals surface area contributed by atoms with Crippen molar-refractivity contribution in [1.82, 2.24) is 39.5 Å². The maximum Gasteiger partial charge on any atom is 0.416 e.